The van der Waals surface area contributed by atoms with Gasteiger partial charge >= 0.3 is 0 Å². The van der Waals surface area contributed by atoms with E-state index in [1.807, 2.05) is 43.2 Å². The minimum Gasteiger partial charge on any atom is -0.356 e. The number of amides is 1. The van der Waals surface area contributed by atoms with Gasteiger partial charge in [0.15, 0.2) is 0 Å². The van der Waals surface area contributed by atoms with Crippen LogP contribution in [0.4, 0.5) is 0 Å². The average Bonchev–Trinajstić information content (AvgIpc) is 2.34. The van der Waals surface area contributed by atoms with Gasteiger partial charge < -0.3 is 5.32 Å². The van der Waals surface area contributed by atoms with Crippen LogP contribution in [0.1, 0.15) is 26.2 Å². The molecule has 3 nitrogen and oxygen atoms in total. The summed E-state index contributed by atoms with van der Waals surface area (Å²) >= 11 is 1.83. The van der Waals surface area contributed by atoms with Crippen molar-refractivity contribution in [1.29, 1.82) is 0 Å². The first-order valence-corrected chi connectivity index (χ1v) is 6.61. The molecule has 104 valence electrons. The van der Waals surface area contributed by atoms with Crippen molar-refractivity contribution in [2.24, 2.45) is 0 Å². The summed E-state index contributed by atoms with van der Waals surface area (Å²) in [5.41, 5.74) is 0. The first kappa shape index (κ1) is 19.9. The lowest BCUT2D eigenvalue weighted by Gasteiger charge is -2.03. The summed E-state index contributed by atoms with van der Waals surface area (Å²) in [7, 11) is 0. The van der Waals surface area contributed by atoms with Crippen LogP contribution in [0.3, 0.4) is 0 Å². The van der Waals surface area contributed by atoms with Gasteiger partial charge in [0, 0.05) is 30.3 Å². The number of nitrogens with one attached hydrogen (secondary N) is 1. The van der Waals surface area contributed by atoms with Crippen molar-refractivity contribution in [2.75, 3.05) is 12.3 Å². The van der Waals surface area contributed by atoms with E-state index in [2.05, 4.69) is 10.3 Å². The van der Waals surface area contributed by atoms with Crippen molar-refractivity contribution in [3.05, 3.63) is 24.5 Å². The Balaban J connectivity index is 0. The first-order valence-electron chi connectivity index (χ1n) is 5.62. The summed E-state index contributed by atoms with van der Waals surface area (Å²) in [5, 5.41) is 2.87. The Hall–Kier alpha value is -0.450. The Bertz CT molecular complexity index is 312. The summed E-state index contributed by atoms with van der Waals surface area (Å²) in [5.74, 6) is 1.23. The Labute approximate surface area is 125 Å². The fourth-order valence-corrected chi connectivity index (χ4v) is 2.10. The zero-order chi connectivity index (χ0) is 11.6. The highest BCUT2D eigenvalue weighted by atomic mass is 35.5. The Kier molecular flexibility index (Phi) is 14.3. The van der Waals surface area contributed by atoms with Crippen LogP contribution in [0.15, 0.2) is 29.4 Å². The van der Waals surface area contributed by atoms with Crippen LogP contribution in [0.5, 0.6) is 0 Å². The zero-order valence-corrected chi connectivity index (χ0v) is 12.9. The molecule has 0 saturated carbocycles. The molecule has 0 spiro atoms. The maximum Gasteiger partial charge on any atom is 0.219 e. The number of carbonyl (C=O) groups is 1. The van der Waals surface area contributed by atoms with Gasteiger partial charge in [0.2, 0.25) is 5.91 Å². The summed E-state index contributed by atoms with van der Waals surface area (Å²) in [6.45, 7) is 2.66. The Morgan fingerprint density at radius 1 is 1.28 bits per heavy atom. The largest absolute Gasteiger partial charge is 0.356 e. The predicted octanol–water partition coefficient (Wildman–Crippen LogP) is 3.32. The quantitative estimate of drug-likeness (QED) is 0.620. The van der Waals surface area contributed by atoms with Crippen LogP contribution in [0, 0.1) is 0 Å². The van der Waals surface area contributed by atoms with Crippen molar-refractivity contribution in [1.82, 2.24) is 10.3 Å². The lowest BCUT2D eigenvalue weighted by molar-refractivity contribution is -0.120. The van der Waals surface area contributed by atoms with Gasteiger partial charge in [-0.05, 0) is 30.7 Å². The predicted molar refractivity (Wildman–Crippen MR) is 82.0 cm³/mol. The van der Waals surface area contributed by atoms with E-state index < -0.39 is 0 Å². The molecule has 0 radical (unpaired) electrons. The molecule has 1 aromatic heterocycles. The van der Waals surface area contributed by atoms with Crippen LogP contribution in [-0.2, 0) is 4.79 Å². The van der Waals surface area contributed by atoms with Crippen LogP contribution >= 0.6 is 36.6 Å². The zero-order valence-electron chi connectivity index (χ0n) is 10.4. The van der Waals surface area contributed by atoms with Crippen LogP contribution in [0.25, 0.3) is 0 Å². The lowest BCUT2D eigenvalue weighted by atomic mass is 10.3. The molecule has 1 N–H and O–H groups in total. The highest BCUT2D eigenvalue weighted by Crippen LogP contribution is 2.17. The number of nitrogens with zero attached hydrogens (tertiary/aromatic N) is 1. The Morgan fingerprint density at radius 3 is 2.56 bits per heavy atom. The van der Waals surface area contributed by atoms with Gasteiger partial charge in [0.25, 0.3) is 0 Å². The lowest BCUT2D eigenvalue weighted by Crippen LogP contribution is -2.23. The number of carbonyl (C=O) groups excluding carboxylic acids is 1. The molecular weight excluding hydrogens is 291 g/mol. The van der Waals surface area contributed by atoms with E-state index in [9.17, 15) is 4.79 Å². The minimum atomic E-state index is 0. The molecule has 1 rings (SSSR count). The maximum atomic E-state index is 10.9. The fraction of sp³-hybridized carbons (Fsp3) is 0.500. The molecule has 0 aromatic carbocycles. The number of unbranched alkanes of at least 4 members (excludes halogenated alkanes) is 1. The molecule has 0 bridgehead atoms. The maximum absolute atomic E-state index is 10.9. The van der Waals surface area contributed by atoms with E-state index in [1.165, 1.54) is 4.90 Å². The van der Waals surface area contributed by atoms with Crippen LogP contribution in [-0.4, -0.2) is 23.2 Å². The molecule has 0 aliphatic carbocycles. The molecule has 18 heavy (non-hydrogen) atoms. The molecule has 6 heteroatoms. The number of pyridine rings is 1. The number of rotatable bonds is 7. The summed E-state index contributed by atoms with van der Waals surface area (Å²) in [6, 6.07) is 4.03. The van der Waals surface area contributed by atoms with Crippen LogP contribution < -0.4 is 5.32 Å². The van der Waals surface area contributed by atoms with Gasteiger partial charge in [-0.3, -0.25) is 9.78 Å². The standard InChI is InChI=1S/C12H18N2OS.2ClH/c1-2-12(15)14-7-3-4-10-16-11-5-8-13-9-6-11;;/h5-6,8-9H,2-4,7,10H2,1H3,(H,14,15);2*1H. The van der Waals surface area contributed by atoms with Crippen molar-refractivity contribution in [3.63, 3.8) is 0 Å². The molecule has 0 aliphatic rings. The summed E-state index contributed by atoms with van der Waals surface area (Å²) < 4.78 is 0. The van der Waals surface area contributed by atoms with Gasteiger partial charge in [-0.15, -0.1) is 36.6 Å². The Morgan fingerprint density at radius 2 is 1.94 bits per heavy atom. The highest BCUT2D eigenvalue weighted by Gasteiger charge is 1.96. The molecule has 1 heterocycles. The molecule has 0 unspecified atom stereocenters. The van der Waals surface area contributed by atoms with E-state index in [0.717, 1.165) is 25.1 Å². The number of aromatic nitrogens is 1. The third-order valence-corrected chi connectivity index (χ3v) is 3.23. The number of hydrogen-bond donors (Lipinski definition) is 1. The van der Waals surface area contributed by atoms with Gasteiger partial charge in [0.1, 0.15) is 0 Å². The monoisotopic (exact) mass is 310 g/mol. The normalized spacial score (nSPS) is 8.94. The van der Waals surface area contributed by atoms with E-state index in [4.69, 9.17) is 0 Å². The highest BCUT2D eigenvalue weighted by molar-refractivity contribution is 7.99. The molecule has 0 atom stereocenters. The first-order chi connectivity index (χ1) is 7.83. The number of hydrogen-bond acceptors (Lipinski definition) is 3. The van der Waals surface area contributed by atoms with E-state index in [-0.39, 0.29) is 30.7 Å². The van der Waals surface area contributed by atoms with E-state index in [1.54, 1.807) is 0 Å². The second-order valence-corrected chi connectivity index (χ2v) is 4.61. The second kappa shape index (κ2) is 13.0. The van der Waals surface area contributed by atoms with Gasteiger partial charge in [-0.1, -0.05) is 6.92 Å². The third kappa shape index (κ3) is 9.57. The van der Waals surface area contributed by atoms with Crippen LogP contribution in [0.2, 0.25) is 0 Å². The molecule has 1 amide bonds. The SMILES string of the molecule is CCC(=O)NCCCCSc1ccncc1.Cl.Cl. The third-order valence-electron chi connectivity index (χ3n) is 2.13. The van der Waals surface area contributed by atoms with Gasteiger partial charge in [-0.25, -0.2) is 0 Å². The van der Waals surface area contributed by atoms with E-state index in [0.29, 0.717) is 6.42 Å². The summed E-state index contributed by atoms with van der Waals surface area (Å²) in [6.07, 6.45) is 6.36. The molecular formula is C12H20Cl2N2OS. The van der Waals surface area contributed by atoms with Crippen molar-refractivity contribution < 1.29 is 4.79 Å². The van der Waals surface area contributed by atoms with Crippen molar-refractivity contribution in [3.8, 4) is 0 Å². The summed E-state index contributed by atoms with van der Waals surface area (Å²) in [4.78, 5) is 16.2. The molecule has 0 fully saturated rings. The van der Waals surface area contributed by atoms with Crippen molar-refractivity contribution >= 4 is 42.5 Å². The van der Waals surface area contributed by atoms with Gasteiger partial charge in [-0.2, -0.15) is 0 Å². The molecule has 1 aromatic rings. The number of thioether (sulfide) groups is 1. The topological polar surface area (TPSA) is 42.0 Å². The second-order valence-electron chi connectivity index (χ2n) is 3.44. The van der Waals surface area contributed by atoms with Gasteiger partial charge in [0.05, 0.1) is 0 Å². The van der Waals surface area contributed by atoms with E-state index >= 15 is 0 Å². The average molecular weight is 311 g/mol. The minimum absolute atomic E-state index is 0. The molecule has 0 saturated heterocycles. The fourth-order valence-electron chi connectivity index (χ4n) is 1.20. The smallest absolute Gasteiger partial charge is 0.219 e. The number of halogens is 2. The molecule has 0 aliphatic heterocycles. The van der Waals surface area contributed by atoms with Crippen molar-refractivity contribution in [2.45, 2.75) is 31.1 Å².